The molecule has 1 N–H and O–H groups in total. The van der Waals surface area contributed by atoms with Gasteiger partial charge < -0.3 is 14.7 Å². The van der Waals surface area contributed by atoms with Crippen molar-refractivity contribution in [1.82, 2.24) is 0 Å². The molecule has 1 unspecified atom stereocenters. The summed E-state index contributed by atoms with van der Waals surface area (Å²) in [5.41, 5.74) is 10.7. The second-order valence-electron chi connectivity index (χ2n) is 10.2. The molecule has 0 heterocycles. The quantitative estimate of drug-likeness (QED) is 0.173. The Morgan fingerprint density at radius 1 is 0.846 bits per heavy atom. The van der Waals surface area contributed by atoms with Crippen molar-refractivity contribution in [3.05, 3.63) is 126 Å². The number of rotatable bonds is 10. The maximum Gasteiger partial charge on any atom is 0.330 e. The van der Waals surface area contributed by atoms with Crippen molar-refractivity contribution in [2.45, 2.75) is 38.5 Å². The van der Waals surface area contributed by atoms with Crippen molar-refractivity contribution in [2.75, 3.05) is 18.1 Å². The molecule has 0 saturated carbocycles. The van der Waals surface area contributed by atoms with Crippen LogP contribution in [0.2, 0.25) is 0 Å². The molecule has 4 aromatic rings. The van der Waals surface area contributed by atoms with Crippen LogP contribution in [-0.2, 0) is 27.8 Å². The second kappa shape index (κ2) is 11.3. The number of carbonyl (C=O) groups excluding carboxylic acids is 1. The van der Waals surface area contributed by atoms with Crippen LogP contribution in [0.3, 0.4) is 0 Å². The molecule has 1 atom stereocenters. The topological polar surface area (TPSA) is 49.8 Å². The van der Waals surface area contributed by atoms with Gasteiger partial charge in [-0.15, -0.1) is 0 Å². The summed E-state index contributed by atoms with van der Waals surface area (Å²) < 4.78 is 5.16. The van der Waals surface area contributed by atoms with Crippen molar-refractivity contribution in [1.29, 1.82) is 0 Å². The summed E-state index contributed by atoms with van der Waals surface area (Å²) in [6.07, 6.45) is 3.48. The molecule has 0 amide bonds. The lowest BCUT2D eigenvalue weighted by Crippen LogP contribution is -2.20. The van der Waals surface area contributed by atoms with E-state index in [1.807, 2.05) is 0 Å². The largest absolute Gasteiger partial charge is 0.462 e. The maximum atomic E-state index is 11.4. The number of esters is 1. The van der Waals surface area contributed by atoms with Crippen LogP contribution in [0.5, 0.6) is 0 Å². The number of nitrogens with zero attached hydrogens (tertiary/aromatic N) is 1. The van der Waals surface area contributed by atoms with Gasteiger partial charge in [0.25, 0.3) is 0 Å². The van der Waals surface area contributed by atoms with E-state index in [9.17, 15) is 9.90 Å². The van der Waals surface area contributed by atoms with Gasteiger partial charge in [-0.3, -0.25) is 0 Å². The zero-order valence-electron chi connectivity index (χ0n) is 22.7. The smallest absolute Gasteiger partial charge is 0.330 e. The molecule has 1 aliphatic carbocycles. The average Bonchev–Trinajstić information content (AvgIpc) is 3.23. The van der Waals surface area contributed by atoms with E-state index < -0.39 is 5.97 Å². The predicted molar refractivity (Wildman–Crippen MR) is 159 cm³/mol. The molecule has 0 aromatic heterocycles. The van der Waals surface area contributed by atoms with Crippen LogP contribution in [0.25, 0.3) is 11.1 Å². The van der Waals surface area contributed by atoms with Gasteiger partial charge in [-0.05, 0) is 82.6 Å². The number of anilines is 3. The lowest BCUT2D eigenvalue weighted by molar-refractivity contribution is -0.137. The van der Waals surface area contributed by atoms with E-state index in [1.165, 1.54) is 28.3 Å². The third kappa shape index (κ3) is 5.13. The molecule has 4 nitrogen and oxygen atoms in total. The molecule has 39 heavy (non-hydrogen) atoms. The van der Waals surface area contributed by atoms with Crippen LogP contribution >= 0.6 is 0 Å². The number of ether oxygens (including phenoxy) is 1. The number of benzene rings is 4. The molecule has 0 fully saturated rings. The summed E-state index contributed by atoms with van der Waals surface area (Å²) in [5.74, 6) is -0.403. The lowest BCUT2D eigenvalue weighted by atomic mass is 9.78. The van der Waals surface area contributed by atoms with Crippen molar-refractivity contribution >= 4 is 23.0 Å². The van der Waals surface area contributed by atoms with E-state index in [0.29, 0.717) is 19.4 Å². The fourth-order valence-corrected chi connectivity index (χ4v) is 5.62. The molecule has 1 aliphatic rings. The van der Waals surface area contributed by atoms with E-state index in [2.05, 4.69) is 116 Å². The zero-order valence-corrected chi connectivity index (χ0v) is 22.7. The van der Waals surface area contributed by atoms with E-state index >= 15 is 0 Å². The number of carbonyl (C=O) groups is 1. The van der Waals surface area contributed by atoms with Gasteiger partial charge >= 0.3 is 5.97 Å². The number of hydrogen-bond acceptors (Lipinski definition) is 4. The first kappa shape index (κ1) is 26.5. The van der Waals surface area contributed by atoms with E-state index in [4.69, 9.17) is 4.74 Å². The number of hydrogen-bond donors (Lipinski definition) is 1. The molecule has 0 aliphatic heterocycles. The average molecular weight is 518 g/mol. The Morgan fingerprint density at radius 2 is 1.44 bits per heavy atom. The summed E-state index contributed by atoms with van der Waals surface area (Å²) >= 11 is 0. The highest BCUT2D eigenvalue weighted by Gasteiger charge is 2.38. The van der Waals surface area contributed by atoms with Gasteiger partial charge in [-0.1, -0.05) is 75.0 Å². The van der Waals surface area contributed by atoms with E-state index in [0.717, 1.165) is 34.6 Å². The number of fused-ring (bicyclic) bond motifs is 3. The first-order valence-corrected chi connectivity index (χ1v) is 13.6. The summed E-state index contributed by atoms with van der Waals surface area (Å²) in [6.45, 7) is 8.51. The molecule has 0 spiro atoms. The maximum absolute atomic E-state index is 11.4. The Morgan fingerprint density at radius 3 is 2.05 bits per heavy atom. The summed E-state index contributed by atoms with van der Waals surface area (Å²) in [4.78, 5) is 13.7. The van der Waals surface area contributed by atoms with Crippen LogP contribution < -0.4 is 4.90 Å². The third-order valence-electron chi connectivity index (χ3n) is 7.97. The van der Waals surface area contributed by atoms with Crippen molar-refractivity contribution < 1.29 is 14.6 Å². The van der Waals surface area contributed by atoms with Crippen LogP contribution in [0.4, 0.5) is 17.1 Å². The highest BCUT2D eigenvalue weighted by atomic mass is 16.5. The van der Waals surface area contributed by atoms with Gasteiger partial charge in [-0.2, -0.15) is 0 Å². The molecule has 0 bridgehead atoms. The minimum atomic E-state index is -0.403. The molecule has 5 rings (SSSR count). The third-order valence-corrected chi connectivity index (χ3v) is 7.97. The van der Waals surface area contributed by atoms with Crippen LogP contribution in [0, 0.1) is 0 Å². The first-order chi connectivity index (χ1) is 19.0. The molecule has 4 aromatic carbocycles. The van der Waals surface area contributed by atoms with Crippen LogP contribution in [0.15, 0.2) is 104 Å². The lowest BCUT2D eigenvalue weighted by Gasteiger charge is -2.29. The molecular weight excluding hydrogens is 482 g/mol. The highest BCUT2D eigenvalue weighted by molar-refractivity contribution is 5.85. The molecule has 4 heteroatoms. The predicted octanol–water partition coefficient (Wildman–Crippen LogP) is 7.66. The van der Waals surface area contributed by atoms with Crippen molar-refractivity contribution in [2.24, 2.45) is 0 Å². The SMILES string of the molecule is C=CC(=O)OCCc1ccc(N(c2ccc(CCO)cc2)c2ccc3c(c2)C(C)(CC)c2ccccc2-3)cc1. The Hall–Kier alpha value is -4.15. The Kier molecular flexibility index (Phi) is 7.67. The van der Waals surface area contributed by atoms with Gasteiger partial charge in [-0.25, -0.2) is 4.79 Å². The summed E-state index contributed by atoms with van der Waals surface area (Å²) in [7, 11) is 0. The van der Waals surface area contributed by atoms with E-state index in [1.54, 1.807) is 0 Å². The first-order valence-electron chi connectivity index (χ1n) is 13.6. The van der Waals surface area contributed by atoms with Gasteiger partial charge in [0.2, 0.25) is 0 Å². The monoisotopic (exact) mass is 517 g/mol. The number of aliphatic hydroxyl groups excluding tert-OH is 1. The minimum absolute atomic E-state index is 0.0503. The van der Waals surface area contributed by atoms with Gasteiger partial charge in [0.15, 0.2) is 0 Å². The summed E-state index contributed by atoms with van der Waals surface area (Å²) in [5, 5.41) is 9.38. The van der Waals surface area contributed by atoms with E-state index in [-0.39, 0.29) is 12.0 Å². The summed E-state index contributed by atoms with van der Waals surface area (Å²) in [6, 6.07) is 32.4. The van der Waals surface area contributed by atoms with Crippen molar-refractivity contribution in [3.63, 3.8) is 0 Å². The fourth-order valence-electron chi connectivity index (χ4n) is 5.62. The Labute approximate surface area is 231 Å². The molecule has 198 valence electrons. The van der Waals surface area contributed by atoms with Crippen molar-refractivity contribution in [3.8, 4) is 11.1 Å². The normalized spacial score (nSPS) is 15.4. The molecule has 0 saturated heterocycles. The standard InChI is InChI=1S/C35H35NO3/c1-4-34(38)39-23-21-26-12-16-28(17-13-26)36(27-14-10-25(11-15-27)20-22-37)29-18-19-31-30-8-6-7-9-32(30)35(3,5-2)33(31)24-29/h4,6-19,24,37H,1,5,20-23H2,2-3H3. The second-order valence-corrected chi connectivity index (χ2v) is 10.2. The van der Waals surface area contributed by atoms with Crippen LogP contribution in [-0.4, -0.2) is 24.3 Å². The van der Waals surface area contributed by atoms with Gasteiger partial charge in [0, 0.05) is 41.6 Å². The number of aliphatic hydroxyl groups is 1. The fraction of sp³-hybridized carbons (Fsp3) is 0.229. The Bertz CT molecular complexity index is 1470. The molecule has 0 radical (unpaired) electrons. The van der Waals surface area contributed by atoms with Crippen LogP contribution in [0.1, 0.15) is 42.5 Å². The highest BCUT2D eigenvalue weighted by Crippen LogP contribution is 2.52. The minimum Gasteiger partial charge on any atom is -0.462 e. The molecular formula is C35H35NO3. The van der Waals surface area contributed by atoms with Gasteiger partial charge in [0.1, 0.15) is 0 Å². The van der Waals surface area contributed by atoms with Gasteiger partial charge in [0.05, 0.1) is 6.61 Å². The zero-order chi connectivity index (χ0) is 27.4. The Balaban J connectivity index is 1.54.